The summed E-state index contributed by atoms with van der Waals surface area (Å²) in [7, 11) is 5.19. The second kappa shape index (κ2) is 11.4. The second-order valence-corrected chi connectivity index (χ2v) is 9.62. The van der Waals surface area contributed by atoms with E-state index in [4.69, 9.17) is 23.5 Å². The highest BCUT2D eigenvalue weighted by Gasteiger charge is 2.51. The van der Waals surface area contributed by atoms with Crippen molar-refractivity contribution in [2.45, 2.75) is 38.9 Å². The van der Waals surface area contributed by atoms with Gasteiger partial charge < -0.3 is 28.3 Å². The maximum atomic E-state index is 11.8. The third-order valence-corrected chi connectivity index (χ3v) is 6.39. The van der Waals surface area contributed by atoms with E-state index in [0.717, 1.165) is 9.03 Å². The number of carbonyl (C=O) groups excluding carboxylic acids is 2. The first-order valence-corrected chi connectivity index (χ1v) is 11.5. The topological polar surface area (TPSA) is 89.5 Å². The minimum atomic E-state index is -0.524. The Morgan fingerprint density at radius 2 is 1.21 bits per heavy atom. The second-order valence-electron chi connectivity index (χ2n) is 8.38. The van der Waals surface area contributed by atoms with E-state index >= 15 is 0 Å². The molecule has 1 saturated heterocycles. The van der Waals surface area contributed by atoms with E-state index in [1.807, 2.05) is 39.8 Å². The number of rotatable bonds is 5. The molecule has 0 atom stereocenters. The predicted molar refractivity (Wildman–Crippen MR) is 137 cm³/mol. The zero-order valence-corrected chi connectivity index (χ0v) is 22.8. The van der Waals surface area contributed by atoms with Crippen LogP contribution in [0.5, 0.6) is 11.5 Å². The molecule has 0 aliphatic carbocycles. The molecular formula is C24H30BIO8. The molecule has 2 aromatic carbocycles. The van der Waals surface area contributed by atoms with E-state index < -0.39 is 24.3 Å². The summed E-state index contributed by atoms with van der Waals surface area (Å²) in [6.07, 6.45) is 0. The van der Waals surface area contributed by atoms with Crippen molar-refractivity contribution >= 4 is 47.1 Å². The molecule has 0 unspecified atom stereocenters. The van der Waals surface area contributed by atoms with Crippen LogP contribution >= 0.6 is 22.6 Å². The Kier molecular flexibility index (Phi) is 9.38. The number of methoxy groups -OCH3 is 4. The fourth-order valence-corrected chi connectivity index (χ4v) is 3.56. The molecule has 1 fully saturated rings. The summed E-state index contributed by atoms with van der Waals surface area (Å²) >= 11 is 2.12. The lowest BCUT2D eigenvalue weighted by Crippen LogP contribution is -2.41. The smallest absolute Gasteiger partial charge is 0.494 e. The lowest BCUT2D eigenvalue weighted by atomic mass is 9.78. The Morgan fingerprint density at radius 3 is 1.65 bits per heavy atom. The molecule has 0 spiro atoms. The van der Waals surface area contributed by atoms with Gasteiger partial charge in [-0.15, -0.1) is 0 Å². The molecular weight excluding hydrogens is 554 g/mol. The Hall–Kier alpha value is -2.31. The molecule has 0 amide bonds. The zero-order valence-electron chi connectivity index (χ0n) is 20.7. The van der Waals surface area contributed by atoms with E-state index in [-0.39, 0.29) is 5.97 Å². The van der Waals surface area contributed by atoms with Gasteiger partial charge in [0, 0.05) is 3.57 Å². The molecule has 0 radical (unpaired) electrons. The predicted octanol–water partition coefficient (Wildman–Crippen LogP) is 3.87. The van der Waals surface area contributed by atoms with E-state index in [1.165, 1.54) is 28.4 Å². The SMILES string of the molecule is COC(=O)c1cc(B2OC(C)(C)C(C)(C)O2)ccc1OC.COC(=O)c1cc(I)ccc1OC. The maximum Gasteiger partial charge on any atom is 0.494 e. The van der Waals surface area contributed by atoms with Crippen LogP contribution in [0, 0.1) is 3.57 Å². The molecule has 1 aliphatic heterocycles. The fourth-order valence-electron chi connectivity index (χ4n) is 3.07. The number of ether oxygens (including phenoxy) is 4. The van der Waals surface area contributed by atoms with Crippen molar-refractivity contribution in [2.24, 2.45) is 0 Å². The maximum absolute atomic E-state index is 11.8. The fraction of sp³-hybridized carbons (Fsp3) is 0.417. The minimum absolute atomic E-state index is 0.354. The van der Waals surface area contributed by atoms with Crippen LogP contribution in [-0.4, -0.2) is 58.7 Å². The molecule has 0 bridgehead atoms. The minimum Gasteiger partial charge on any atom is -0.496 e. The summed E-state index contributed by atoms with van der Waals surface area (Å²) in [4.78, 5) is 23.1. The molecule has 3 rings (SSSR count). The highest BCUT2D eigenvalue weighted by atomic mass is 127. The first kappa shape index (κ1) is 27.9. The van der Waals surface area contributed by atoms with Crippen molar-refractivity contribution in [3.63, 3.8) is 0 Å². The van der Waals surface area contributed by atoms with Gasteiger partial charge in [0.05, 0.1) is 39.6 Å². The molecule has 0 aromatic heterocycles. The van der Waals surface area contributed by atoms with Crippen LogP contribution in [0.15, 0.2) is 36.4 Å². The van der Waals surface area contributed by atoms with E-state index in [0.29, 0.717) is 22.6 Å². The van der Waals surface area contributed by atoms with Gasteiger partial charge in [-0.2, -0.15) is 0 Å². The number of hydrogen-bond donors (Lipinski definition) is 0. The lowest BCUT2D eigenvalue weighted by molar-refractivity contribution is 0.00578. The summed E-state index contributed by atoms with van der Waals surface area (Å²) in [6, 6.07) is 10.6. The third-order valence-electron chi connectivity index (χ3n) is 5.72. The Balaban J connectivity index is 0.000000270. The zero-order chi connectivity index (χ0) is 25.7. The van der Waals surface area contributed by atoms with Crippen LogP contribution in [-0.2, 0) is 18.8 Å². The van der Waals surface area contributed by atoms with Crippen LogP contribution in [0.4, 0.5) is 0 Å². The average molecular weight is 584 g/mol. The Labute approximate surface area is 214 Å². The normalized spacial score (nSPS) is 15.6. The summed E-state index contributed by atoms with van der Waals surface area (Å²) in [6.45, 7) is 7.94. The summed E-state index contributed by atoms with van der Waals surface area (Å²) < 4.78 is 32.5. The molecule has 0 saturated carbocycles. The van der Waals surface area contributed by atoms with Gasteiger partial charge in [-0.25, -0.2) is 9.59 Å². The van der Waals surface area contributed by atoms with Gasteiger partial charge in [-0.3, -0.25) is 0 Å². The van der Waals surface area contributed by atoms with Gasteiger partial charge in [0.2, 0.25) is 0 Å². The van der Waals surface area contributed by atoms with Gasteiger partial charge in [-0.1, -0.05) is 6.07 Å². The van der Waals surface area contributed by atoms with Crippen LogP contribution < -0.4 is 14.9 Å². The van der Waals surface area contributed by atoms with Crippen LogP contribution in [0.3, 0.4) is 0 Å². The number of benzene rings is 2. The molecule has 1 aliphatic rings. The van der Waals surface area contributed by atoms with E-state index in [9.17, 15) is 9.59 Å². The first-order valence-electron chi connectivity index (χ1n) is 10.4. The molecule has 34 heavy (non-hydrogen) atoms. The van der Waals surface area contributed by atoms with Gasteiger partial charge in [0.25, 0.3) is 0 Å². The third kappa shape index (κ3) is 6.22. The van der Waals surface area contributed by atoms with Crippen molar-refractivity contribution in [2.75, 3.05) is 28.4 Å². The van der Waals surface area contributed by atoms with E-state index in [1.54, 1.807) is 24.3 Å². The van der Waals surface area contributed by atoms with Crippen molar-refractivity contribution in [1.29, 1.82) is 0 Å². The van der Waals surface area contributed by atoms with Gasteiger partial charge in [-0.05, 0) is 86.1 Å². The summed E-state index contributed by atoms with van der Waals surface area (Å²) in [5, 5.41) is 0. The van der Waals surface area contributed by atoms with Gasteiger partial charge >= 0.3 is 19.1 Å². The van der Waals surface area contributed by atoms with Crippen LogP contribution in [0.25, 0.3) is 0 Å². The van der Waals surface area contributed by atoms with Crippen LogP contribution in [0.2, 0.25) is 0 Å². The number of esters is 2. The summed E-state index contributed by atoms with van der Waals surface area (Å²) in [5.41, 5.74) is 0.713. The van der Waals surface area contributed by atoms with Crippen molar-refractivity contribution in [3.8, 4) is 11.5 Å². The van der Waals surface area contributed by atoms with Gasteiger partial charge in [0.1, 0.15) is 22.6 Å². The lowest BCUT2D eigenvalue weighted by Gasteiger charge is -2.32. The summed E-state index contributed by atoms with van der Waals surface area (Å²) in [5.74, 6) is 0.162. The highest BCUT2D eigenvalue weighted by molar-refractivity contribution is 14.1. The Morgan fingerprint density at radius 1 is 0.765 bits per heavy atom. The first-order chi connectivity index (χ1) is 15.9. The van der Waals surface area contributed by atoms with Crippen LogP contribution in [0.1, 0.15) is 48.4 Å². The highest BCUT2D eigenvalue weighted by Crippen LogP contribution is 2.36. The molecule has 10 heteroatoms. The molecule has 0 N–H and O–H groups in total. The molecule has 184 valence electrons. The molecule has 8 nitrogen and oxygen atoms in total. The van der Waals surface area contributed by atoms with Gasteiger partial charge in [0.15, 0.2) is 0 Å². The average Bonchev–Trinajstić information content (AvgIpc) is 3.04. The van der Waals surface area contributed by atoms with Crippen molar-refractivity contribution in [3.05, 3.63) is 51.1 Å². The largest absolute Gasteiger partial charge is 0.496 e. The molecule has 1 heterocycles. The van der Waals surface area contributed by atoms with E-state index in [2.05, 4.69) is 27.3 Å². The quantitative estimate of drug-likeness (QED) is 0.298. The molecule has 2 aromatic rings. The number of halogens is 1. The Bertz CT molecular complexity index is 1020. The number of hydrogen-bond acceptors (Lipinski definition) is 8. The standard InChI is InChI=1S/C15H21BO5.C9H9IO3/c1-14(2)15(3,4)21-16(20-14)10-7-8-12(18-5)11(9-10)13(17)19-6;1-12-8-4-3-6(10)5-7(8)9(11)13-2/h7-9H,1-6H3;3-5H,1-2H3. The van der Waals surface area contributed by atoms with Crippen molar-refractivity contribution < 1.29 is 37.8 Å². The van der Waals surface area contributed by atoms with Crippen molar-refractivity contribution in [1.82, 2.24) is 0 Å². The monoisotopic (exact) mass is 584 g/mol. The number of carbonyl (C=O) groups is 2.